The zero-order chi connectivity index (χ0) is 14.6. The van der Waals surface area contributed by atoms with Crippen molar-refractivity contribution in [3.05, 3.63) is 29.8 Å². The first-order valence-corrected chi connectivity index (χ1v) is 8.94. The van der Waals surface area contributed by atoms with Crippen LogP contribution in [0.15, 0.2) is 24.3 Å². The Balaban J connectivity index is 1.85. The van der Waals surface area contributed by atoms with Gasteiger partial charge in [-0.2, -0.15) is 0 Å². The van der Waals surface area contributed by atoms with Crippen LogP contribution in [-0.4, -0.2) is 39.1 Å². The number of benzene rings is 1. The summed E-state index contributed by atoms with van der Waals surface area (Å²) in [5.41, 5.74) is 1.28. The number of hydrogen-bond donors (Lipinski definition) is 1. The minimum atomic E-state index is -2.88. The van der Waals surface area contributed by atoms with Gasteiger partial charge in [0.15, 0.2) is 9.84 Å². The summed E-state index contributed by atoms with van der Waals surface area (Å²) in [6.07, 6.45) is 2.54. The third kappa shape index (κ3) is 4.49. The summed E-state index contributed by atoms with van der Waals surface area (Å²) < 4.78 is 28.5. The number of nitrogens with one attached hydrogen (secondary N) is 1. The molecule has 4 nitrogen and oxygen atoms in total. The first-order chi connectivity index (χ1) is 9.48. The Morgan fingerprint density at radius 1 is 1.35 bits per heavy atom. The molecule has 0 saturated carbocycles. The number of ether oxygens (including phenoxy) is 1. The van der Waals surface area contributed by atoms with Crippen LogP contribution in [-0.2, 0) is 16.3 Å². The quantitative estimate of drug-likeness (QED) is 0.870. The average molecular weight is 297 g/mol. The molecule has 20 heavy (non-hydrogen) atoms. The topological polar surface area (TPSA) is 55.4 Å². The first-order valence-electron chi connectivity index (χ1n) is 7.12. The van der Waals surface area contributed by atoms with E-state index in [0.717, 1.165) is 18.6 Å². The Morgan fingerprint density at radius 3 is 2.60 bits per heavy atom. The summed E-state index contributed by atoms with van der Waals surface area (Å²) >= 11 is 0. The first kappa shape index (κ1) is 15.3. The van der Waals surface area contributed by atoms with Crippen LogP contribution in [0.25, 0.3) is 0 Å². The predicted molar refractivity (Wildman–Crippen MR) is 81.0 cm³/mol. The van der Waals surface area contributed by atoms with Gasteiger partial charge >= 0.3 is 0 Å². The molecule has 0 amide bonds. The highest BCUT2D eigenvalue weighted by atomic mass is 32.2. The van der Waals surface area contributed by atoms with Gasteiger partial charge in [-0.05, 0) is 50.9 Å². The second-order valence-electron chi connectivity index (χ2n) is 5.52. The van der Waals surface area contributed by atoms with Crippen molar-refractivity contribution in [2.24, 2.45) is 0 Å². The van der Waals surface area contributed by atoms with Crippen molar-refractivity contribution in [1.29, 1.82) is 0 Å². The van der Waals surface area contributed by atoms with Gasteiger partial charge in [0.25, 0.3) is 0 Å². The number of sulfone groups is 1. The Bertz CT molecular complexity index is 525. The molecule has 1 aliphatic rings. The molecule has 5 heteroatoms. The van der Waals surface area contributed by atoms with Crippen molar-refractivity contribution in [2.75, 3.05) is 18.6 Å². The van der Waals surface area contributed by atoms with Gasteiger partial charge in [-0.1, -0.05) is 12.1 Å². The Kier molecular flexibility index (Phi) is 5.05. The Labute approximate surface area is 121 Å². The van der Waals surface area contributed by atoms with Gasteiger partial charge in [0.1, 0.15) is 11.9 Å². The van der Waals surface area contributed by atoms with Gasteiger partial charge in [0, 0.05) is 6.04 Å². The fraction of sp³-hybridized carbons (Fsp3) is 0.600. The van der Waals surface area contributed by atoms with E-state index in [1.807, 2.05) is 19.2 Å². The van der Waals surface area contributed by atoms with Crippen molar-refractivity contribution < 1.29 is 13.2 Å². The zero-order valence-electron chi connectivity index (χ0n) is 12.1. The van der Waals surface area contributed by atoms with Crippen molar-refractivity contribution in [1.82, 2.24) is 5.32 Å². The van der Waals surface area contributed by atoms with E-state index in [9.17, 15) is 8.42 Å². The molecule has 1 N–H and O–H groups in total. The van der Waals surface area contributed by atoms with Crippen LogP contribution in [0, 0.1) is 0 Å². The SMILES string of the molecule is CNC(C)CCc1ccc(OC2CCS(=O)(=O)C2)cc1. The molecule has 0 radical (unpaired) electrons. The molecule has 112 valence electrons. The van der Waals surface area contributed by atoms with Crippen LogP contribution >= 0.6 is 0 Å². The highest BCUT2D eigenvalue weighted by Crippen LogP contribution is 2.20. The predicted octanol–water partition coefficient (Wildman–Crippen LogP) is 1.79. The molecule has 1 fully saturated rings. The van der Waals surface area contributed by atoms with Crippen molar-refractivity contribution in [2.45, 2.75) is 38.3 Å². The number of rotatable bonds is 6. The lowest BCUT2D eigenvalue weighted by Gasteiger charge is -2.13. The maximum Gasteiger partial charge on any atom is 0.154 e. The minimum Gasteiger partial charge on any atom is -0.489 e. The molecule has 0 aliphatic carbocycles. The third-order valence-corrected chi connectivity index (χ3v) is 5.51. The lowest BCUT2D eigenvalue weighted by molar-refractivity contribution is 0.229. The lowest BCUT2D eigenvalue weighted by atomic mass is 10.1. The van der Waals surface area contributed by atoms with Crippen LogP contribution in [0.1, 0.15) is 25.3 Å². The smallest absolute Gasteiger partial charge is 0.154 e. The van der Waals surface area contributed by atoms with E-state index in [-0.39, 0.29) is 17.6 Å². The van der Waals surface area contributed by atoms with Gasteiger partial charge < -0.3 is 10.1 Å². The molecular formula is C15H23NO3S. The van der Waals surface area contributed by atoms with Gasteiger partial charge in [-0.25, -0.2) is 8.42 Å². The molecule has 1 heterocycles. The molecular weight excluding hydrogens is 274 g/mol. The van der Waals surface area contributed by atoms with E-state index >= 15 is 0 Å². The van der Waals surface area contributed by atoms with E-state index in [1.54, 1.807) is 0 Å². The monoisotopic (exact) mass is 297 g/mol. The maximum atomic E-state index is 11.4. The molecule has 1 aromatic carbocycles. The Hall–Kier alpha value is -1.07. The van der Waals surface area contributed by atoms with E-state index in [0.29, 0.717) is 12.5 Å². The average Bonchev–Trinajstić information content (AvgIpc) is 2.76. The largest absolute Gasteiger partial charge is 0.489 e. The summed E-state index contributed by atoms with van der Waals surface area (Å²) in [5.74, 6) is 1.16. The van der Waals surface area contributed by atoms with Crippen molar-refractivity contribution in [3.8, 4) is 5.75 Å². The van der Waals surface area contributed by atoms with Crippen LogP contribution in [0.2, 0.25) is 0 Å². The van der Waals surface area contributed by atoms with Crippen LogP contribution in [0.4, 0.5) is 0 Å². The standard InChI is InChI=1S/C15H23NO3S/c1-12(16-2)3-4-13-5-7-14(8-6-13)19-15-9-10-20(17,18)11-15/h5-8,12,15-16H,3-4,9-11H2,1-2H3. The highest BCUT2D eigenvalue weighted by Gasteiger charge is 2.29. The molecule has 0 spiro atoms. The van der Waals surface area contributed by atoms with Crippen LogP contribution in [0.5, 0.6) is 5.75 Å². The van der Waals surface area contributed by atoms with Gasteiger partial charge in [-0.3, -0.25) is 0 Å². The fourth-order valence-corrected chi connectivity index (χ4v) is 3.90. The third-order valence-electron chi connectivity index (χ3n) is 3.78. The molecule has 1 aromatic rings. The summed E-state index contributed by atoms with van der Waals surface area (Å²) in [5, 5.41) is 3.22. The van der Waals surface area contributed by atoms with Gasteiger partial charge in [0.05, 0.1) is 11.5 Å². The Morgan fingerprint density at radius 2 is 2.05 bits per heavy atom. The second-order valence-corrected chi connectivity index (χ2v) is 7.74. The summed E-state index contributed by atoms with van der Waals surface area (Å²) in [6.45, 7) is 2.16. The molecule has 2 rings (SSSR count). The summed E-state index contributed by atoms with van der Waals surface area (Å²) in [4.78, 5) is 0. The highest BCUT2D eigenvalue weighted by molar-refractivity contribution is 7.91. The van der Waals surface area contributed by atoms with E-state index in [2.05, 4.69) is 24.4 Å². The minimum absolute atomic E-state index is 0.147. The molecule has 0 bridgehead atoms. The molecule has 1 saturated heterocycles. The van der Waals surface area contributed by atoms with Crippen molar-refractivity contribution >= 4 is 9.84 Å². The molecule has 2 unspecified atom stereocenters. The lowest BCUT2D eigenvalue weighted by Crippen LogP contribution is -2.21. The summed E-state index contributed by atoms with van der Waals surface area (Å²) in [7, 11) is -0.907. The van der Waals surface area contributed by atoms with Gasteiger partial charge in [0.2, 0.25) is 0 Å². The molecule has 0 aromatic heterocycles. The van der Waals surface area contributed by atoms with Crippen LogP contribution < -0.4 is 10.1 Å². The number of aryl methyl sites for hydroxylation is 1. The fourth-order valence-electron chi connectivity index (χ4n) is 2.31. The second kappa shape index (κ2) is 6.59. The zero-order valence-corrected chi connectivity index (χ0v) is 12.9. The van der Waals surface area contributed by atoms with Crippen LogP contribution in [0.3, 0.4) is 0 Å². The van der Waals surface area contributed by atoms with E-state index in [1.165, 1.54) is 5.56 Å². The van der Waals surface area contributed by atoms with E-state index in [4.69, 9.17) is 4.74 Å². The van der Waals surface area contributed by atoms with Gasteiger partial charge in [-0.15, -0.1) is 0 Å². The normalized spacial score (nSPS) is 22.6. The molecule has 2 atom stereocenters. The van der Waals surface area contributed by atoms with E-state index < -0.39 is 9.84 Å². The summed E-state index contributed by atoms with van der Waals surface area (Å²) in [6, 6.07) is 8.49. The molecule has 1 aliphatic heterocycles. The maximum absolute atomic E-state index is 11.4. The van der Waals surface area contributed by atoms with Crippen molar-refractivity contribution in [3.63, 3.8) is 0 Å². The number of hydrogen-bond acceptors (Lipinski definition) is 4.